The predicted octanol–water partition coefficient (Wildman–Crippen LogP) is 2.88. The first-order valence-electron chi connectivity index (χ1n) is 7.79. The van der Waals surface area contributed by atoms with E-state index in [0.717, 1.165) is 25.1 Å². The van der Waals surface area contributed by atoms with Crippen LogP contribution in [0.2, 0.25) is 0 Å². The van der Waals surface area contributed by atoms with Gasteiger partial charge in [-0.05, 0) is 48.9 Å². The molecule has 0 aliphatic heterocycles. The number of fused-ring (bicyclic) bond motifs is 1. The lowest BCUT2D eigenvalue weighted by Crippen LogP contribution is -2.26. The maximum Gasteiger partial charge on any atom is 0.287 e. The van der Waals surface area contributed by atoms with Crippen molar-refractivity contribution in [2.75, 3.05) is 13.1 Å². The van der Waals surface area contributed by atoms with Gasteiger partial charge in [-0.1, -0.05) is 6.07 Å². The van der Waals surface area contributed by atoms with Gasteiger partial charge >= 0.3 is 0 Å². The Balaban J connectivity index is 1.40. The van der Waals surface area contributed by atoms with Gasteiger partial charge in [0, 0.05) is 30.9 Å². The van der Waals surface area contributed by atoms with Gasteiger partial charge in [-0.25, -0.2) is 4.39 Å². The standard InChI is InChI=1S/C18H18FN3O2/c19-15-4-5-16-14(9-15)10-17(24-16)18(23)22-8-2-7-21-12-13-3-1-6-20-11-13/h1,3-6,9-11,21H,2,7-8,12H2,(H,22,23). The molecular formula is C18H18FN3O2. The molecule has 0 bridgehead atoms. The second kappa shape index (κ2) is 7.70. The Morgan fingerprint density at radius 1 is 1.21 bits per heavy atom. The molecule has 6 heteroatoms. The molecule has 0 saturated carbocycles. The van der Waals surface area contributed by atoms with E-state index in [4.69, 9.17) is 4.42 Å². The number of aromatic nitrogens is 1. The highest BCUT2D eigenvalue weighted by Crippen LogP contribution is 2.20. The van der Waals surface area contributed by atoms with E-state index in [1.165, 1.54) is 18.2 Å². The van der Waals surface area contributed by atoms with Crippen molar-refractivity contribution >= 4 is 16.9 Å². The van der Waals surface area contributed by atoms with Crippen molar-refractivity contribution in [1.82, 2.24) is 15.6 Å². The molecule has 0 atom stereocenters. The van der Waals surface area contributed by atoms with E-state index < -0.39 is 0 Å². The lowest BCUT2D eigenvalue weighted by molar-refractivity contribution is 0.0927. The van der Waals surface area contributed by atoms with E-state index in [0.29, 0.717) is 17.5 Å². The lowest BCUT2D eigenvalue weighted by atomic mass is 10.2. The van der Waals surface area contributed by atoms with E-state index in [2.05, 4.69) is 15.6 Å². The third-order valence-electron chi connectivity index (χ3n) is 3.57. The minimum Gasteiger partial charge on any atom is -0.451 e. The van der Waals surface area contributed by atoms with Gasteiger partial charge in [-0.3, -0.25) is 9.78 Å². The van der Waals surface area contributed by atoms with Crippen molar-refractivity contribution in [2.45, 2.75) is 13.0 Å². The number of rotatable bonds is 7. The lowest BCUT2D eigenvalue weighted by Gasteiger charge is -2.05. The normalized spacial score (nSPS) is 10.9. The highest BCUT2D eigenvalue weighted by Gasteiger charge is 2.11. The molecule has 0 aliphatic rings. The second-order valence-corrected chi connectivity index (χ2v) is 5.44. The molecule has 124 valence electrons. The maximum absolute atomic E-state index is 13.1. The van der Waals surface area contributed by atoms with Crippen LogP contribution in [0, 0.1) is 5.82 Å². The average molecular weight is 327 g/mol. The van der Waals surface area contributed by atoms with Crippen LogP contribution in [0.5, 0.6) is 0 Å². The zero-order valence-electron chi connectivity index (χ0n) is 13.1. The van der Waals surface area contributed by atoms with Crippen LogP contribution >= 0.6 is 0 Å². The Labute approximate surface area is 138 Å². The summed E-state index contributed by atoms with van der Waals surface area (Å²) in [4.78, 5) is 16.1. The van der Waals surface area contributed by atoms with Crippen LogP contribution in [0.25, 0.3) is 11.0 Å². The molecule has 0 spiro atoms. The number of carbonyl (C=O) groups excluding carboxylic acids is 1. The van der Waals surface area contributed by atoms with Gasteiger partial charge in [-0.2, -0.15) is 0 Å². The zero-order valence-corrected chi connectivity index (χ0v) is 13.1. The monoisotopic (exact) mass is 327 g/mol. The fourth-order valence-electron chi connectivity index (χ4n) is 2.36. The van der Waals surface area contributed by atoms with E-state index in [9.17, 15) is 9.18 Å². The van der Waals surface area contributed by atoms with E-state index in [1.54, 1.807) is 12.3 Å². The van der Waals surface area contributed by atoms with Crippen LogP contribution in [-0.4, -0.2) is 24.0 Å². The van der Waals surface area contributed by atoms with Crippen LogP contribution in [-0.2, 0) is 6.54 Å². The molecule has 2 heterocycles. The first-order valence-corrected chi connectivity index (χ1v) is 7.79. The first kappa shape index (κ1) is 16.1. The van der Waals surface area contributed by atoms with Crippen molar-refractivity contribution in [3.63, 3.8) is 0 Å². The van der Waals surface area contributed by atoms with Crippen LogP contribution in [0.1, 0.15) is 22.5 Å². The molecule has 0 saturated heterocycles. The molecule has 2 aromatic heterocycles. The number of nitrogens with zero attached hydrogens (tertiary/aromatic N) is 1. The Morgan fingerprint density at radius 3 is 2.96 bits per heavy atom. The minimum atomic E-state index is -0.352. The Hall–Kier alpha value is -2.73. The summed E-state index contributed by atoms with van der Waals surface area (Å²) >= 11 is 0. The molecule has 0 radical (unpaired) electrons. The van der Waals surface area contributed by atoms with Gasteiger partial charge in [0.15, 0.2) is 5.76 Å². The van der Waals surface area contributed by atoms with E-state index >= 15 is 0 Å². The van der Waals surface area contributed by atoms with Crippen molar-refractivity contribution in [3.05, 3.63) is 65.9 Å². The van der Waals surface area contributed by atoms with E-state index in [1.807, 2.05) is 18.3 Å². The van der Waals surface area contributed by atoms with Crippen LogP contribution in [0.15, 0.2) is 53.2 Å². The first-order chi connectivity index (χ1) is 11.7. The summed E-state index contributed by atoms with van der Waals surface area (Å²) in [5.41, 5.74) is 1.62. The Bertz CT molecular complexity index is 818. The van der Waals surface area contributed by atoms with Gasteiger partial charge in [0.25, 0.3) is 5.91 Å². The number of halogens is 1. The summed E-state index contributed by atoms with van der Waals surface area (Å²) in [5, 5.41) is 6.66. The molecule has 3 rings (SSSR count). The van der Waals surface area contributed by atoms with Crippen molar-refractivity contribution in [3.8, 4) is 0 Å². The molecule has 5 nitrogen and oxygen atoms in total. The molecule has 2 N–H and O–H groups in total. The zero-order chi connectivity index (χ0) is 16.8. The maximum atomic E-state index is 13.1. The van der Waals surface area contributed by atoms with Gasteiger partial charge in [0.1, 0.15) is 11.4 Å². The van der Waals surface area contributed by atoms with E-state index in [-0.39, 0.29) is 17.5 Å². The van der Waals surface area contributed by atoms with Crippen LogP contribution < -0.4 is 10.6 Å². The molecule has 0 aliphatic carbocycles. The summed E-state index contributed by atoms with van der Waals surface area (Å²) < 4.78 is 18.6. The third kappa shape index (κ3) is 4.17. The largest absolute Gasteiger partial charge is 0.451 e. The summed E-state index contributed by atoms with van der Waals surface area (Å²) in [6.07, 6.45) is 4.35. The molecule has 1 aromatic carbocycles. The fraction of sp³-hybridized carbons (Fsp3) is 0.222. The number of carbonyl (C=O) groups is 1. The molecule has 0 unspecified atom stereocenters. The molecule has 24 heavy (non-hydrogen) atoms. The second-order valence-electron chi connectivity index (χ2n) is 5.44. The molecular weight excluding hydrogens is 309 g/mol. The van der Waals surface area contributed by atoms with Crippen LogP contribution in [0.4, 0.5) is 4.39 Å². The number of hydrogen-bond donors (Lipinski definition) is 2. The number of amides is 1. The highest BCUT2D eigenvalue weighted by atomic mass is 19.1. The van der Waals surface area contributed by atoms with Gasteiger partial charge in [0.2, 0.25) is 0 Å². The van der Waals surface area contributed by atoms with Gasteiger partial charge in [-0.15, -0.1) is 0 Å². The van der Waals surface area contributed by atoms with Crippen LogP contribution in [0.3, 0.4) is 0 Å². The number of benzene rings is 1. The number of furan rings is 1. The van der Waals surface area contributed by atoms with Crippen molar-refractivity contribution < 1.29 is 13.6 Å². The summed E-state index contributed by atoms with van der Waals surface area (Å²) in [5.74, 6) is -0.451. The fourth-order valence-corrected chi connectivity index (χ4v) is 2.36. The molecule has 3 aromatic rings. The summed E-state index contributed by atoms with van der Waals surface area (Å²) in [7, 11) is 0. The Kier molecular flexibility index (Phi) is 5.18. The van der Waals surface area contributed by atoms with Crippen molar-refractivity contribution in [1.29, 1.82) is 0 Å². The average Bonchev–Trinajstić information content (AvgIpc) is 3.02. The smallest absolute Gasteiger partial charge is 0.287 e. The minimum absolute atomic E-state index is 0.193. The number of nitrogens with one attached hydrogen (secondary N) is 2. The summed E-state index contributed by atoms with van der Waals surface area (Å²) in [6.45, 7) is 2.06. The van der Waals surface area contributed by atoms with Gasteiger partial charge < -0.3 is 15.1 Å². The SMILES string of the molecule is O=C(NCCCNCc1cccnc1)c1cc2cc(F)ccc2o1. The molecule has 0 fully saturated rings. The van der Waals surface area contributed by atoms with Crippen molar-refractivity contribution in [2.24, 2.45) is 0 Å². The van der Waals surface area contributed by atoms with Gasteiger partial charge in [0.05, 0.1) is 0 Å². The quantitative estimate of drug-likeness (QED) is 0.655. The number of hydrogen-bond acceptors (Lipinski definition) is 4. The summed E-state index contributed by atoms with van der Waals surface area (Å²) in [6, 6.07) is 9.63. The topological polar surface area (TPSA) is 67.2 Å². The molecule has 1 amide bonds. The highest BCUT2D eigenvalue weighted by molar-refractivity contribution is 5.96. The Morgan fingerprint density at radius 2 is 2.12 bits per heavy atom. The predicted molar refractivity (Wildman–Crippen MR) is 89.1 cm³/mol. The third-order valence-corrected chi connectivity index (χ3v) is 3.57. The number of pyridine rings is 1.